The molecular weight excluding hydrogens is 274 g/mol. The van der Waals surface area contributed by atoms with Crippen molar-refractivity contribution >= 4 is 17.9 Å². The number of carboxylic acid groups (broad SMARTS) is 1. The van der Waals surface area contributed by atoms with Gasteiger partial charge in [0.1, 0.15) is 6.04 Å². The van der Waals surface area contributed by atoms with E-state index in [1.165, 1.54) is 0 Å². The van der Waals surface area contributed by atoms with Gasteiger partial charge in [-0.3, -0.25) is 4.79 Å². The van der Waals surface area contributed by atoms with Crippen molar-refractivity contribution in [1.82, 2.24) is 10.6 Å². The van der Waals surface area contributed by atoms with Crippen LogP contribution < -0.4 is 16.4 Å². The number of nitrogens with one attached hydrogen (secondary N) is 2. The predicted molar refractivity (Wildman–Crippen MR) is 76.5 cm³/mol. The highest BCUT2D eigenvalue weighted by atomic mass is 16.4. The summed E-state index contributed by atoms with van der Waals surface area (Å²) < 4.78 is 0. The van der Waals surface area contributed by atoms with Crippen LogP contribution >= 0.6 is 0 Å². The van der Waals surface area contributed by atoms with Gasteiger partial charge < -0.3 is 21.5 Å². The summed E-state index contributed by atoms with van der Waals surface area (Å²) in [5.41, 5.74) is 6.03. The molecule has 3 amide bonds. The topological polar surface area (TPSA) is 122 Å². The second kappa shape index (κ2) is 8.57. The van der Waals surface area contributed by atoms with Crippen molar-refractivity contribution < 1.29 is 19.5 Å². The lowest BCUT2D eigenvalue weighted by molar-refractivity contribution is -0.139. The first kappa shape index (κ1) is 16.5. The molecule has 5 N–H and O–H groups in total. The van der Waals surface area contributed by atoms with Gasteiger partial charge in [0.05, 0.1) is 0 Å². The molecule has 0 heterocycles. The van der Waals surface area contributed by atoms with Crippen molar-refractivity contribution in [2.24, 2.45) is 5.73 Å². The normalized spacial score (nSPS) is 11.4. The molecule has 0 unspecified atom stereocenters. The zero-order valence-corrected chi connectivity index (χ0v) is 11.5. The fraction of sp³-hybridized carbons (Fsp3) is 0.357. The number of hydrogen-bond acceptors (Lipinski definition) is 3. The standard InChI is InChI=1S/C14H19N3O4/c15-12(18)7-6-11(13(19)20)17-14(21)16-9-8-10-4-2-1-3-5-10/h1-5,11H,6-9H2,(H2,15,18)(H,19,20)(H2,16,17,21)/t11-/m1/s1. The minimum Gasteiger partial charge on any atom is -0.480 e. The van der Waals surface area contributed by atoms with E-state index in [2.05, 4.69) is 10.6 Å². The first-order valence-corrected chi connectivity index (χ1v) is 6.58. The summed E-state index contributed by atoms with van der Waals surface area (Å²) in [6.45, 7) is 0.387. The Bertz CT molecular complexity index is 490. The van der Waals surface area contributed by atoms with Crippen LogP contribution in [0.4, 0.5) is 4.79 Å². The molecule has 1 aromatic carbocycles. The van der Waals surface area contributed by atoms with Gasteiger partial charge in [-0.15, -0.1) is 0 Å². The third kappa shape index (κ3) is 6.95. The number of carboxylic acids is 1. The van der Waals surface area contributed by atoms with Gasteiger partial charge in [-0.25, -0.2) is 9.59 Å². The minimum absolute atomic E-state index is 0.0310. The Labute approximate surface area is 122 Å². The van der Waals surface area contributed by atoms with Gasteiger partial charge in [0.25, 0.3) is 0 Å². The zero-order valence-electron chi connectivity index (χ0n) is 11.5. The summed E-state index contributed by atoms with van der Waals surface area (Å²) in [5.74, 6) is -1.80. The maximum atomic E-state index is 11.6. The molecule has 1 rings (SSSR count). The van der Waals surface area contributed by atoms with E-state index >= 15 is 0 Å². The van der Waals surface area contributed by atoms with E-state index in [1.807, 2.05) is 30.3 Å². The molecule has 7 nitrogen and oxygen atoms in total. The maximum Gasteiger partial charge on any atom is 0.326 e. The number of amides is 3. The molecule has 0 radical (unpaired) electrons. The van der Waals surface area contributed by atoms with Gasteiger partial charge >= 0.3 is 12.0 Å². The van der Waals surface area contributed by atoms with E-state index in [0.717, 1.165) is 5.56 Å². The second-order valence-corrected chi connectivity index (χ2v) is 4.53. The van der Waals surface area contributed by atoms with E-state index in [4.69, 9.17) is 10.8 Å². The van der Waals surface area contributed by atoms with Crippen molar-refractivity contribution in [2.75, 3.05) is 6.54 Å². The third-order valence-electron chi connectivity index (χ3n) is 2.82. The number of aliphatic carboxylic acids is 1. The summed E-state index contributed by atoms with van der Waals surface area (Å²) >= 11 is 0. The smallest absolute Gasteiger partial charge is 0.326 e. The molecule has 114 valence electrons. The lowest BCUT2D eigenvalue weighted by Gasteiger charge is -2.14. The first-order chi connectivity index (χ1) is 9.99. The number of hydrogen-bond donors (Lipinski definition) is 4. The highest BCUT2D eigenvalue weighted by molar-refractivity contribution is 5.83. The van der Waals surface area contributed by atoms with Crippen LogP contribution in [0.2, 0.25) is 0 Å². The molecule has 0 aliphatic heterocycles. The number of nitrogens with two attached hydrogens (primary N) is 1. The van der Waals surface area contributed by atoms with E-state index in [0.29, 0.717) is 13.0 Å². The van der Waals surface area contributed by atoms with Crippen molar-refractivity contribution in [3.8, 4) is 0 Å². The van der Waals surface area contributed by atoms with Crippen LogP contribution in [0.3, 0.4) is 0 Å². The monoisotopic (exact) mass is 293 g/mol. The van der Waals surface area contributed by atoms with Crippen LogP contribution in [0.25, 0.3) is 0 Å². The SMILES string of the molecule is NC(=O)CC[C@@H](NC(=O)NCCc1ccccc1)C(=O)O. The predicted octanol–water partition coefficient (Wildman–Crippen LogP) is 0.247. The van der Waals surface area contributed by atoms with Crippen LogP contribution in [0.5, 0.6) is 0 Å². The maximum absolute atomic E-state index is 11.6. The van der Waals surface area contributed by atoms with Gasteiger partial charge in [0, 0.05) is 13.0 Å². The molecular formula is C14H19N3O4. The molecule has 0 aliphatic carbocycles. The van der Waals surface area contributed by atoms with Crippen LogP contribution in [0.15, 0.2) is 30.3 Å². The summed E-state index contributed by atoms with van der Waals surface area (Å²) in [7, 11) is 0. The van der Waals surface area contributed by atoms with Crippen LogP contribution in [-0.4, -0.2) is 35.6 Å². The molecule has 1 atom stereocenters. The number of benzene rings is 1. The fourth-order valence-electron chi connectivity index (χ4n) is 1.72. The summed E-state index contributed by atoms with van der Waals surface area (Å²) in [4.78, 5) is 33.2. The first-order valence-electron chi connectivity index (χ1n) is 6.58. The van der Waals surface area contributed by atoms with E-state index in [1.54, 1.807) is 0 Å². The highest BCUT2D eigenvalue weighted by Gasteiger charge is 2.20. The second-order valence-electron chi connectivity index (χ2n) is 4.53. The van der Waals surface area contributed by atoms with Crippen LogP contribution in [0, 0.1) is 0 Å². The molecule has 1 aromatic rings. The molecule has 0 spiro atoms. The minimum atomic E-state index is -1.20. The van der Waals surface area contributed by atoms with Crippen LogP contribution in [0.1, 0.15) is 18.4 Å². The van der Waals surface area contributed by atoms with Crippen molar-refractivity contribution in [3.05, 3.63) is 35.9 Å². The molecule has 0 saturated heterocycles. The number of primary amides is 1. The Hall–Kier alpha value is -2.57. The van der Waals surface area contributed by atoms with Crippen LogP contribution in [-0.2, 0) is 16.0 Å². The van der Waals surface area contributed by atoms with E-state index < -0.39 is 23.9 Å². The Morgan fingerprint density at radius 1 is 1.19 bits per heavy atom. The lowest BCUT2D eigenvalue weighted by atomic mass is 10.1. The molecule has 0 aromatic heterocycles. The van der Waals surface area contributed by atoms with E-state index in [9.17, 15) is 14.4 Å². The fourth-order valence-corrected chi connectivity index (χ4v) is 1.72. The number of rotatable bonds is 8. The zero-order chi connectivity index (χ0) is 15.7. The summed E-state index contributed by atoms with van der Waals surface area (Å²) in [6.07, 6.45) is 0.519. The average Bonchev–Trinajstić information content (AvgIpc) is 2.44. The van der Waals surface area contributed by atoms with Gasteiger partial charge in [-0.1, -0.05) is 30.3 Å². The Balaban J connectivity index is 2.33. The van der Waals surface area contributed by atoms with Crippen molar-refractivity contribution in [3.63, 3.8) is 0 Å². The number of urea groups is 1. The summed E-state index contributed by atoms with van der Waals surface area (Å²) in [6, 6.07) is 7.87. The van der Waals surface area contributed by atoms with Gasteiger partial charge in [0.2, 0.25) is 5.91 Å². The Morgan fingerprint density at radius 2 is 1.86 bits per heavy atom. The largest absolute Gasteiger partial charge is 0.480 e. The molecule has 0 bridgehead atoms. The van der Waals surface area contributed by atoms with Crippen molar-refractivity contribution in [1.29, 1.82) is 0 Å². The number of carbonyl (C=O) groups excluding carboxylic acids is 2. The van der Waals surface area contributed by atoms with Gasteiger partial charge in [-0.2, -0.15) is 0 Å². The summed E-state index contributed by atoms with van der Waals surface area (Å²) in [5, 5.41) is 13.8. The number of carbonyl (C=O) groups is 3. The van der Waals surface area contributed by atoms with Gasteiger partial charge in [0.15, 0.2) is 0 Å². The van der Waals surface area contributed by atoms with Gasteiger partial charge in [-0.05, 0) is 18.4 Å². The third-order valence-corrected chi connectivity index (χ3v) is 2.82. The quantitative estimate of drug-likeness (QED) is 0.548. The molecule has 7 heteroatoms. The lowest BCUT2D eigenvalue weighted by Crippen LogP contribution is -2.46. The Kier molecular flexibility index (Phi) is 6.73. The average molecular weight is 293 g/mol. The van der Waals surface area contributed by atoms with E-state index in [-0.39, 0.29) is 12.8 Å². The molecule has 21 heavy (non-hydrogen) atoms. The highest BCUT2D eigenvalue weighted by Crippen LogP contribution is 1.99. The van der Waals surface area contributed by atoms with Crippen molar-refractivity contribution in [2.45, 2.75) is 25.3 Å². The molecule has 0 aliphatic rings. The Morgan fingerprint density at radius 3 is 2.43 bits per heavy atom. The molecule has 0 fully saturated rings. The molecule has 0 saturated carbocycles.